The van der Waals surface area contributed by atoms with Crippen LogP contribution in [0.5, 0.6) is 0 Å². The lowest BCUT2D eigenvalue weighted by Crippen LogP contribution is -2.25. The zero-order valence-corrected chi connectivity index (χ0v) is 20.7. The van der Waals surface area contributed by atoms with E-state index in [0.717, 1.165) is 59.0 Å². The van der Waals surface area contributed by atoms with Crippen LogP contribution in [0.3, 0.4) is 0 Å². The van der Waals surface area contributed by atoms with E-state index in [4.69, 9.17) is 0 Å². The summed E-state index contributed by atoms with van der Waals surface area (Å²) in [6.07, 6.45) is 10.4. The van der Waals surface area contributed by atoms with Crippen LogP contribution in [0.25, 0.3) is 20.4 Å². The molecule has 6 nitrogen and oxygen atoms in total. The highest BCUT2D eigenvalue weighted by atomic mass is 32.1. The van der Waals surface area contributed by atoms with Gasteiger partial charge in [-0.15, -0.1) is 22.7 Å². The molecule has 0 saturated heterocycles. The SMILES string of the molecule is CC1CCc2c(sc3ncn(CCCn4cnc5sc6c(c5c4=O)CCC(C)C6)c(=O)c23)C1. The van der Waals surface area contributed by atoms with Crippen molar-refractivity contribution in [3.05, 3.63) is 54.2 Å². The molecule has 0 aliphatic heterocycles. The predicted molar refractivity (Wildman–Crippen MR) is 135 cm³/mol. The zero-order chi connectivity index (χ0) is 22.7. The Labute approximate surface area is 199 Å². The summed E-state index contributed by atoms with van der Waals surface area (Å²) in [7, 11) is 0. The first-order valence-corrected chi connectivity index (χ1v) is 13.6. The van der Waals surface area contributed by atoms with Gasteiger partial charge < -0.3 is 0 Å². The number of hydrogen-bond donors (Lipinski definition) is 0. The molecule has 0 bridgehead atoms. The average Bonchev–Trinajstić information content (AvgIpc) is 3.34. The predicted octanol–water partition coefficient (Wildman–Crippen LogP) is 4.57. The van der Waals surface area contributed by atoms with E-state index >= 15 is 0 Å². The van der Waals surface area contributed by atoms with Gasteiger partial charge in [-0.2, -0.15) is 0 Å². The Kier molecular flexibility index (Phi) is 5.25. The molecule has 4 aromatic heterocycles. The lowest BCUT2D eigenvalue weighted by molar-refractivity contribution is 0.508. The molecule has 0 N–H and O–H groups in total. The van der Waals surface area contributed by atoms with Crippen molar-refractivity contribution in [1.29, 1.82) is 0 Å². The molecule has 33 heavy (non-hydrogen) atoms. The standard InChI is InChI=1S/C25H28N4O2S2/c1-14-4-6-16-18(10-14)32-22-20(16)24(30)28(12-26-22)8-3-9-29-13-27-23-21(25(29)31)17-7-5-15(2)11-19(17)33-23/h12-15H,3-11H2,1-2H3. The van der Waals surface area contributed by atoms with Gasteiger partial charge in [-0.3, -0.25) is 18.7 Å². The van der Waals surface area contributed by atoms with Crippen LogP contribution in [-0.4, -0.2) is 19.1 Å². The highest BCUT2D eigenvalue weighted by Crippen LogP contribution is 2.36. The molecule has 172 valence electrons. The second-order valence-electron chi connectivity index (χ2n) is 9.90. The third-order valence-electron chi connectivity index (χ3n) is 7.36. The molecule has 2 aliphatic carbocycles. The third kappa shape index (κ3) is 3.58. The Hall–Kier alpha value is -2.32. The second-order valence-corrected chi connectivity index (χ2v) is 12.1. The van der Waals surface area contributed by atoms with Crippen molar-refractivity contribution in [2.24, 2.45) is 11.8 Å². The minimum absolute atomic E-state index is 0.0639. The fraction of sp³-hybridized carbons (Fsp3) is 0.520. The summed E-state index contributed by atoms with van der Waals surface area (Å²) in [5, 5.41) is 1.65. The van der Waals surface area contributed by atoms with Gasteiger partial charge in [-0.05, 0) is 67.9 Å². The van der Waals surface area contributed by atoms with Crippen molar-refractivity contribution in [2.75, 3.05) is 0 Å². The molecule has 0 radical (unpaired) electrons. The molecule has 0 amide bonds. The van der Waals surface area contributed by atoms with Crippen molar-refractivity contribution in [3.8, 4) is 0 Å². The van der Waals surface area contributed by atoms with E-state index in [1.165, 1.54) is 20.9 Å². The Morgan fingerprint density at radius 3 is 1.73 bits per heavy atom. The fourth-order valence-corrected chi connectivity index (χ4v) is 8.14. The molecule has 6 rings (SSSR count). The van der Waals surface area contributed by atoms with Gasteiger partial charge in [0.2, 0.25) is 0 Å². The number of rotatable bonds is 4. The Bertz CT molecular complexity index is 1380. The second kappa shape index (κ2) is 8.17. The van der Waals surface area contributed by atoms with Crippen LogP contribution in [0.2, 0.25) is 0 Å². The summed E-state index contributed by atoms with van der Waals surface area (Å²) in [4.78, 5) is 40.1. The van der Waals surface area contributed by atoms with Crippen molar-refractivity contribution in [1.82, 2.24) is 19.1 Å². The Morgan fingerprint density at radius 1 is 0.818 bits per heavy atom. The minimum atomic E-state index is 0.0639. The number of hydrogen-bond acceptors (Lipinski definition) is 6. The first kappa shape index (κ1) is 21.2. The molecule has 0 saturated carbocycles. The first-order chi connectivity index (χ1) is 16.0. The largest absolute Gasteiger partial charge is 0.299 e. The van der Waals surface area contributed by atoms with Crippen LogP contribution in [0.1, 0.15) is 54.0 Å². The number of fused-ring (bicyclic) bond motifs is 6. The normalized spacial score (nSPS) is 20.3. The molecule has 8 heteroatoms. The van der Waals surface area contributed by atoms with E-state index in [2.05, 4.69) is 23.8 Å². The monoisotopic (exact) mass is 480 g/mol. The summed E-state index contributed by atoms with van der Waals surface area (Å²) >= 11 is 3.37. The quantitative estimate of drug-likeness (QED) is 0.429. The topological polar surface area (TPSA) is 69.8 Å². The maximum absolute atomic E-state index is 13.2. The van der Waals surface area contributed by atoms with Crippen LogP contribution in [0.15, 0.2) is 22.2 Å². The summed E-state index contributed by atoms with van der Waals surface area (Å²) in [5.41, 5.74) is 2.58. The van der Waals surface area contributed by atoms with Crippen LogP contribution in [-0.2, 0) is 38.8 Å². The molecule has 2 unspecified atom stereocenters. The molecular formula is C25H28N4O2S2. The van der Waals surface area contributed by atoms with Gasteiger partial charge in [0.15, 0.2) is 0 Å². The summed E-state index contributed by atoms with van der Waals surface area (Å²) in [5.74, 6) is 1.35. The highest BCUT2D eigenvalue weighted by molar-refractivity contribution is 7.19. The average molecular weight is 481 g/mol. The highest BCUT2D eigenvalue weighted by Gasteiger charge is 2.24. The van der Waals surface area contributed by atoms with Crippen molar-refractivity contribution >= 4 is 43.1 Å². The van der Waals surface area contributed by atoms with Gasteiger partial charge in [0, 0.05) is 22.8 Å². The lowest BCUT2D eigenvalue weighted by Gasteiger charge is -2.17. The van der Waals surface area contributed by atoms with Crippen molar-refractivity contribution in [3.63, 3.8) is 0 Å². The van der Waals surface area contributed by atoms with Crippen LogP contribution >= 0.6 is 22.7 Å². The summed E-state index contributed by atoms with van der Waals surface area (Å²) < 4.78 is 3.44. The third-order valence-corrected chi connectivity index (χ3v) is 9.69. The molecule has 4 aromatic rings. The Morgan fingerprint density at radius 2 is 1.27 bits per heavy atom. The lowest BCUT2D eigenvalue weighted by atomic mass is 9.89. The van der Waals surface area contributed by atoms with Gasteiger partial charge in [0.25, 0.3) is 11.1 Å². The number of aryl methyl sites for hydroxylation is 4. The van der Waals surface area contributed by atoms with Crippen molar-refractivity contribution in [2.45, 2.75) is 71.9 Å². The van der Waals surface area contributed by atoms with Gasteiger partial charge in [0.1, 0.15) is 9.66 Å². The summed E-state index contributed by atoms with van der Waals surface area (Å²) in [6, 6.07) is 0. The van der Waals surface area contributed by atoms with E-state index in [1.807, 2.05) is 0 Å². The molecule has 0 spiro atoms. The molecule has 0 aromatic carbocycles. The van der Waals surface area contributed by atoms with E-state index in [-0.39, 0.29) is 11.1 Å². The number of thiophene rings is 2. The Balaban J connectivity index is 1.25. The van der Waals surface area contributed by atoms with E-state index in [1.54, 1.807) is 44.5 Å². The maximum atomic E-state index is 13.2. The maximum Gasteiger partial charge on any atom is 0.262 e. The van der Waals surface area contributed by atoms with E-state index in [0.29, 0.717) is 31.3 Å². The smallest absolute Gasteiger partial charge is 0.262 e. The van der Waals surface area contributed by atoms with Crippen LogP contribution in [0, 0.1) is 11.8 Å². The number of nitrogens with zero attached hydrogens (tertiary/aromatic N) is 4. The van der Waals surface area contributed by atoms with E-state index < -0.39 is 0 Å². The first-order valence-electron chi connectivity index (χ1n) is 12.0. The zero-order valence-electron chi connectivity index (χ0n) is 19.1. The molecule has 2 atom stereocenters. The van der Waals surface area contributed by atoms with Crippen LogP contribution < -0.4 is 11.1 Å². The van der Waals surface area contributed by atoms with Crippen LogP contribution in [0.4, 0.5) is 0 Å². The molecular weight excluding hydrogens is 452 g/mol. The molecule has 0 fully saturated rings. The van der Waals surface area contributed by atoms with Gasteiger partial charge in [0.05, 0.1) is 23.4 Å². The van der Waals surface area contributed by atoms with Gasteiger partial charge >= 0.3 is 0 Å². The summed E-state index contributed by atoms with van der Waals surface area (Å²) in [6.45, 7) is 5.65. The fourth-order valence-electron chi connectivity index (χ4n) is 5.46. The van der Waals surface area contributed by atoms with Crippen molar-refractivity contribution < 1.29 is 0 Å². The molecule has 2 aliphatic rings. The minimum Gasteiger partial charge on any atom is -0.299 e. The van der Waals surface area contributed by atoms with Gasteiger partial charge in [-0.25, -0.2) is 9.97 Å². The van der Waals surface area contributed by atoms with E-state index in [9.17, 15) is 9.59 Å². The molecule has 4 heterocycles. The number of aromatic nitrogens is 4. The van der Waals surface area contributed by atoms with Gasteiger partial charge in [-0.1, -0.05) is 13.8 Å².